The van der Waals surface area contributed by atoms with Crippen LogP contribution in [0.15, 0.2) is 35.8 Å². The Labute approximate surface area is 133 Å². The van der Waals surface area contributed by atoms with Crippen LogP contribution in [0.1, 0.15) is 23.2 Å². The molecule has 0 radical (unpaired) electrons. The van der Waals surface area contributed by atoms with Gasteiger partial charge in [-0.2, -0.15) is 0 Å². The van der Waals surface area contributed by atoms with E-state index in [2.05, 4.69) is 15.2 Å². The van der Waals surface area contributed by atoms with Crippen molar-refractivity contribution in [3.63, 3.8) is 0 Å². The largest absolute Gasteiger partial charge is 0.352 e. The van der Waals surface area contributed by atoms with Gasteiger partial charge in [0.15, 0.2) is 5.13 Å². The Morgan fingerprint density at radius 2 is 2.32 bits per heavy atom. The Hall–Kier alpha value is -1.95. The lowest BCUT2D eigenvalue weighted by atomic mass is 9.98. The fourth-order valence-corrected chi connectivity index (χ4v) is 3.44. The van der Waals surface area contributed by atoms with Crippen molar-refractivity contribution in [2.45, 2.75) is 12.8 Å². The van der Waals surface area contributed by atoms with Crippen LogP contribution in [0, 0.1) is 11.7 Å². The summed E-state index contributed by atoms with van der Waals surface area (Å²) in [6, 6.07) is 6.06. The number of aromatic nitrogens is 1. The zero-order chi connectivity index (χ0) is 15.4. The van der Waals surface area contributed by atoms with Gasteiger partial charge < -0.3 is 10.2 Å². The highest BCUT2D eigenvalue weighted by Gasteiger charge is 2.22. The lowest BCUT2D eigenvalue weighted by Gasteiger charge is -2.32. The summed E-state index contributed by atoms with van der Waals surface area (Å²) in [4.78, 5) is 18.6. The van der Waals surface area contributed by atoms with Gasteiger partial charge in [0.25, 0.3) is 5.91 Å². The zero-order valence-corrected chi connectivity index (χ0v) is 13.0. The van der Waals surface area contributed by atoms with E-state index in [9.17, 15) is 9.18 Å². The van der Waals surface area contributed by atoms with Crippen LogP contribution >= 0.6 is 11.3 Å². The van der Waals surface area contributed by atoms with Gasteiger partial charge in [0, 0.05) is 31.2 Å². The smallest absolute Gasteiger partial charge is 0.254 e. The van der Waals surface area contributed by atoms with E-state index in [0.29, 0.717) is 12.5 Å². The van der Waals surface area contributed by atoms with Crippen LogP contribution in [-0.2, 0) is 0 Å². The summed E-state index contributed by atoms with van der Waals surface area (Å²) >= 11 is 1.63. The maximum absolute atomic E-state index is 13.6. The molecular weight excluding hydrogens is 301 g/mol. The van der Waals surface area contributed by atoms with Gasteiger partial charge in [-0.25, -0.2) is 9.37 Å². The van der Waals surface area contributed by atoms with Crippen LogP contribution in [0.2, 0.25) is 0 Å². The zero-order valence-electron chi connectivity index (χ0n) is 12.2. The fraction of sp³-hybridized carbons (Fsp3) is 0.375. The molecule has 1 amide bonds. The second kappa shape index (κ2) is 6.87. The van der Waals surface area contributed by atoms with Gasteiger partial charge in [0.2, 0.25) is 0 Å². The van der Waals surface area contributed by atoms with Crippen molar-refractivity contribution >= 4 is 22.4 Å². The summed E-state index contributed by atoms with van der Waals surface area (Å²) in [7, 11) is 0. The minimum atomic E-state index is -0.479. The molecule has 0 spiro atoms. The number of carbonyl (C=O) groups is 1. The van der Waals surface area contributed by atoms with Crippen molar-refractivity contribution in [1.29, 1.82) is 0 Å². The Morgan fingerprint density at radius 3 is 3.09 bits per heavy atom. The van der Waals surface area contributed by atoms with E-state index < -0.39 is 5.82 Å². The number of carbonyl (C=O) groups excluding carboxylic acids is 1. The molecule has 2 heterocycles. The number of halogens is 1. The molecule has 4 nitrogen and oxygen atoms in total. The normalized spacial score (nSPS) is 18.2. The van der Waals surface area contributed by atoms with Gasteiger partial charge in [-0.3, -0.25) is 4.79 Å². The maximum atomic E-state index is 13.6. The summed E-state index contributed by atoms with van der Waals surface area (Å²) in [6.45, 7) is 2.45. The van der Waals surface area contributed by atoms with E-state index in [4.69, 9.17) is 0 Å². The SMILES string of the molecule is O=C(NCC1CCCN(c2nccs2)C1)c1ccccc1F. The number of hydrogen-bond acceptors (Lipinski definition) is 4. The number of nitrogens with one attached hydrogen (secondary N) is 1. The number of hydrogen-bond donors (Lipinski definition) is 1. The molecule has 1 N–H and O–H groups in total. The van der Waals surface area contributed by atoms with Crippen molar-refractivity contribution < 1.29 is 9.18 Å². The highest BCUT2D eigenvalue weighted by Crippen LogP contribution is 2.24. The number of nitrogens with zero attached hydrogens (tertiary/aromatic N) is 2. The summed E-state index contributed by atoms with van der Waals surface area (Å²) in [5.74, 6) is -0.453. The molecule has 0 bridgehead atoms. The van der Waals surface area contributed by atoms with Gasteiger partial charge >= 0.3 is 0 Å². The molecule has 0 saturated carbocycles. The molecule has 1 aliphatic rings. The van der Waals surface area contributed by atoms with E-state index >= 15 is 0 Å². The molecule has 1 aliphatic heterocycles. The average molecular weight is 319 g/mol. The van der Waals surface area contributed by atoms with Crippen LogP contribution in [0.5, 0.6) is 0 Å². The van der Waals surface area contributed by atoms with Crippen LogP contribution in [0.3, 0.4) is 0 Å². The third-order valence-corrected chi connectivity index (χ3v) is 4.71. The first-order valence-electron chi connectivity index (χ1n) is 7.41. The van der Waals surface area contributed by atoms with E-state index in [1.807, 2.05) is 11.6 Å². The van der Waals surface area contributed by atoms with Crippen LogP contribution in [0.25, 0.3) is 0 Å². The number of amides is 1. The topological polar surface area (TPSA) is 45.2 Å². The van der Waals surface area contributed by atoms with Crippen molar-refractivity contribution in [2.75, 3.05) is 24.5 Å². The van der Waals surface area contributed by atoms with Gasteiger partial charge in [0.05, 0.1) is 5.56 Å². The van der Waals surface area contributed by atoms with E-state index in [0.717, 1.165) is 31.1 Å². The molecular formula is C16H18FN3OS. The maximum Gasteiger partial charge on any atom is 0.254 e. The predicted octanol–water partition coefficient (Wildman–Crippen LogP) is 2.93. The number of piperidine rings is 1. The fourth-order valence-electron chi connectivity index (χ4n) is 2.76. The Balaban J connectivity index is 1.55. The summed E-state index contributed by atoms with van der Waals surface area (Å²) in [5.41, 5.74) is 0.107. The first kappa shape index (κ1) is 15.0. The highest BCUT2D eigenvalue weighted by molar-refractivity contribution is 7.13. The minimum absolute atomic E-state index is 0.107. The molecule has 1 aromatic heterocycles. The molecule has 116 valence electrons. The van der Waals surface area contributed by atoms with Crippen molar-refractivity contribution in [2.24, 2.45) is 5.92 Å². The molecule has 1 unspecified atom stereocenters. The van der Waals surface area contributed by atoms with Crippen molar-refractivity contribution in [3.05, 3.63) is 47.2 Å². The van der Waals surface area contributed by atoms with E-state index in [1.165, 1.54) is 12.1 Å². The van der Waals surface area contributed by atoms with Gasteiger partial charge in [-0.05, 0) is 30.9 Å². The number of benzene rings is 1. The molecule has 1 atom stereocenters. The van der Waals surface area contributed by atoms with Crippen molar-refractivity contribution in [3.8, 4) is 0 Å². The Bertz CT molecular complexity index is 632. The standard InChI is InChI=1S/C16H18FN3OS/c17-14-6-2-1-5-13(14)15(21)19-10-12-4-3-8-20(11-12)16-18-7-9-22-16/h1-2,5-7,9,12H,3-4,8,10-11H2,(H,19,21). The average Bonchev–Trinajstić information content (AvgIpc) is 3.08. The van der Waals surface area contributed by atoms with E-state index in [1.54, 1.807) is 23.5 Å². The van der Waals surface area contributed by atoms with Crippen molar-refractivity contribution in [1.82, 2.24) is 10.3 Å². The number of thiazole rings is 1. The lowest BCUT2D eigenvalue weighted by Crippen LogP contribution is -2.41. The van der Waals surface area contributed by atoms with Gasteiger partial charge in [0.1, 0.15) is 5.82 Å². The van der Waals surface area contributed by atoms with Crippen LogP contribution in [0.4, 0.5) is 9.52 Å². The molecule has 3 rings (SSSR count). The first-order chi connectivity index (χ1) is 10.7. The Morgan fingerprint density at radius 1 is 1.45 bits per heavy atom. The quantitative estimate of drug-likeness (QED) is 0.942. The summed E-state index contributed by atoms with van der Waals surface area (Å²) in [6.07, 6.45) is 3.96. The third kappa shape index (κ3) is 3.44. The summed E-state index contributed by atoms with van der Waals surface area (Å²) in [5, 5.41) is 5.86. The molecule has 6 heteroatoms. The second-order valence-corrected chi connectivity index (χ2v) is 6.33. The van der Waals surface area contributed by atoms with Crippen LogP contribution < -0.4 is 10.2 Å². The molecule has 1 saturated heterocycles. The predicted molar refractivity (Wildman–Crippen MR) is 85.8 cm³/mol. The number of anilines is 1. The third-order valence-electron chi connectivity index (χ3n) is 3.88. The molecule has 22 heavy (non-hydrogen) atoms. The van der Waals surface area contributed by atoms with Gasteiger partial charge in [-0.1, -0.05) is 12.1 Å². The lowest BCUT2D eigenvalue weighted by molar-refractivity contribution is 0.0941. The van der Waals surface area contributed by atoms with E-state index in [-0.39, 0.29) is 11.5 Å². The molecule has 2 aromatic rings. The van der Waals surface area contributed by atoms with Crippen LogP contribution in [-0.4, -0.2) is 30.5 Å². The monoisotopic (exact) mass is 319 g/mol. The highest BCUT2D eigenvalue weighted by atomic mass is 32.1. The van der Waals surface area contributed by atoms with Gasteiger partial charge in [-0.15, -0.1) is 11.3 Å². The second-order valence-electron chi connectivity index (χ2n) is 5.46. The number of rotatable bonds is 4. The minimum Gasteiger partial charge on any atom is -0.352 e. The Kier molecular flexibility index (Phi) is 4.68. The molecule has 0 aliphatic carbocycles. The molecule has 1 fully saturated rings. The summed E-state index contributed by atoms with van der Waals surface area (Å²) < 4.78 is 13.6. The molecule has 1 aromatic carbocycles. The first-order valence-corrected chi connectivity index (χ1v) is 8.29.